The van der Waals surface area contributed by atoms with Crippen LogP contribution in [-0.4, -0.2) is 24.5 Å². The molecule has 0 radical (unpaired) electrons. The summed E-state index contributed by atoms with van der Waals surface area (Å²) in [5.74, 6) is 0.509. The van der Waals surface area contributed by atoms with E-state index in [2.05, 4.69) is 15.2 Å². The van der Waals surface area contributed by atoms with Gasteiger partial charge in [0.2, 0.25) is 0 Å². The van der Waals surface area contributed by atoms with Crippen LogP contribution in [0.15, 0.2) is 73.1 Å². The Morgan fingerprint density at radius 1 is 1.00 bits per heavy atom. The Kier molecular flexibility index (Phi) is 5.31. The van der Waals surface area contributed by atoms with Gasteiger partial charge < -0.3 is 4.74 Å². The number of benzene rings is 2. The molecule has 0 spiro atoms. The number of ether oxygens (including phenoxy) is 1. The molecule has 0 fully saturated rings. The highest BCUT2D eigenvalue weighted by molar-refractivity contribution is 5.94. The smallest absolute Gasteiger partial charge is 0.417 e. The Labute approximate surface area is 193 Å². The highest BCUT2D eigenvalue weighted by Gasteiger charge is 2.36. The van der Waals surface area contributed by atoms with Gasteiger partial charge in [0.25, 0.3) is 0 Å². The lowest BCUT2D eigenvalue weighted by Crippen LogP contribution is -2.09. The van der Waals surface area contributed by atoms with Crippen LogP contribution in [-0.2, 0) is 19.8 Å². The topological polar surface area (TPSA) is 57.8 Å². The lowest BCUT2D eigenvalue weighted by Gasteiger charge is -2.14. The summed E-state index contributed by atoms with van der Waals surface area (Å²) in [7, 11) is 1.67. The quantitative estimate of drug-likeness (QED) is 0.334. The van der Waals surface area contributed by atoms with E-state index in [1.54, 1.807) is 38.4 Å². The molecule has 6 nitrogen and oxygen atoms in total. The van der Waals surface area contributed by atoms with Crippen molar-refractivity contribution in [2.24, 2.45) is 7.05 Å². The van der Waals surface area contributed by atoms with Crippen LogP contribution in [0.5, 0.6) is 5.75 Å². The van der Waals surface area contributed by atoms with Gasteiger partial charge >= 0.3 is 6.18 Å². The van der Waals surface area contributed by atoms with Crippen molar-refractivity contribution in [1.82, 2.24) is 24.5 Å². The molecule has 172 valence electrons. The number of rotatable bonds is 5. The number of aromatic nitrogens is 5. The Bertz CT molecular complexity index is 1460. The zero-order valence-corrected chi connectivity index (χ0v) is 18.4. The summed E-state index contributed by atoms with van der Waals surface area (Å²) in [5.41, 5.74) is 2.05. The van der Waals surface area contributed by atoms with Crippen LogP contribution < -0.4 is 4.74 Å². The molecule has 0 aliphatic heterocycles. The first-order chi connectivity index (χ1) is 16.3. The van der Waals surface area contributed by atoms with Gasteiger partial charge in [-0.1, -0.05) is 30.3 Å². The molecule has 0 bridgehead atoms. The van der Waals surface area contributed by atoms with E-state index in [9.17, 15) is 13.2 Å². The van der Waals surface area contributed by atoms with E-state index >= 15 is 0 Å². The van der Waals surface area contributed by atoms with Crippen LogP contribution in [0.3, 0.4) is 0 Å². The van der Waals surface area contributed by atoms with Gasteiger partial charge in [-0.2, -0.15) is 23.4 Å². The van der Waals surface area contributed by atoms with E-state index in [1.165, 1.54) is 21.6 Å². The predicted molar refractivity (Wildman–Crippen MR) is 122 cm³/mol. The van der Waals surface area contributed by atoms with Crippen LogP contribution in [0, 0.1) is 6.92 Å². The number of halogens is 3. The second kappa shape index (κ2) is 8.33. The van der Waals surface area contributed by atoms with E-state index in [0.29, 0.717) is 34.8 Å². The molecule has 0 amide bonds. The minimum absolute atomic E-state index is 0.0545. The maximum Gasteiger partial charge on any atom is 0.417 e. The van der Waals surface area contributed by atoms with Gasteiger partial charge in [0.05, 0.1) is 11.3 Å². The summed E-state index contributed by atoms with van der Waals surface area (Å²) in [6, 6.07) is 17.1. The molecule has 0 aliphatic carbocycles. The van der Waals surface area contributed by atoms with E-state index in [0.717, 1.165) is 11.6 Å². The van der Waals surface area contributed by atoms with Crippen molar-refractivity contribution >= 4 is 11.0 Å². The summed E-state index contributed by atoms with van der Waals surface area (Å²) in [4.78, 5) is 4.54. The first kappa shape index (κ1) is 21.7. The molecule has 5 rings (SSSR count). The normalized spacial score (nSPS) is 11.8. The number of alkyl halides is 3. The van der Waals surface area contributed by atoms with Crippen molar-refractivity contribution < 1.29 is 17.9 Å². The number of nitrogens with zero attached hydrogens (tertiary/aromatic N) is 5. The fraction of sp³-hybridized carbons (Fsp3) is 0.160. The van der Waals surface area contributed by atoms with Crippen molar-refractivity contribution in [3.05, 3.63) is 89.9 Å². The van der Waals surface area contributed by atoms with Gasteiger partial charge in [-0.15, -0.1) is 0 Å². The van der Waals surface area contributed by atoms with E-state index in [4.69, 9.17) is 4.74 Å². The minimum atomic E-state index is -4.60. The third-order valence-electron chi connectivity index (χ3n) is 5.45. The van der Waals surface area contributed by atoms with Crippen molar-refractivity contribution in [2.75, 3.05) is 0 Å². The van der Waals surface area contributed by atoms with Crippen LogP contribution >= 0.6 is 0 Å². The summed E-state index contributed by atoms with van der Waals surface area (Å²) < 4.78 is 51.3. The zero-order chi connectivity index (χ0) is 23.9. The lowest BCUT2D eigenvalue weighted by molar-refractivity contribution is -0.137. The number of aryl methyl sites for hydroxylation is 2. The van der Waals surface area contributed by atoms with Crippen LogP contribution in [0.1, 0.15) is 16.8 Å². The molecule has 9 heteroatoms. The van der Waals surface area contributed by atoms with E-state index < -0.39 is 11.7 Å². The van der Waals surface area contributed by atoms with Crippen molar-refractivity contribution in [1.29, 1.82) is 0 Å². The highest BCUT2D eigenvalue weighted by Crippen LogP contribution is 2.41. The maximum atomic E-state index is 14.1. The van der Waals surface area contributed by atoms with Gasteiger partial charge in [-0.25, -0.2) is 9.67 Å². The van der Waals surface area contributed by atoms with E-state index in [1.807, 2.05) is 30.3 Å². The first-order valence-corrected chi connectivity index (χ1v) is 10.5. The Morgan fingerprint density at radius 2 is 1.79 bits per heavy atom. The predicted octanol–water partition coefficient (Wildman–Crippen LogP) is 5.73. The van der Waals surface area contributed by atoms with Crippen molar-refractivity contribution in [2.45, 2.75) is 19.7 Å². The third kappa shape index (κ3) is 4.00. The monoisotopic (exact) mass is 463 g/mol. The SMILES string of the molecule is Cc1cc(OCc2ccccc2)c2c(n1)c(-c1ccc(-n3cccn3)cc1C(F)(F)F)nn2C. The summed E-state index contributed by atoms with van der Waals surface area (Å²) >= 11 is 0. The molecular weight excluding hydrogens is 443 g/mol. The summed E-state index contributed by atoms with van der Waals surface area (Å²) in [5, 5.41) is 8.47. The zero-order valence-electron chi connectivity index (χ0n) is 18.4. The second-order valence-corrected chi connectivity index (χ2v) is 7.88. The van der Waals surface area contributed by atoms with Gasteiger partial charge in [0.15, 0.2) is 0 Å². The van der Waals surface area contributed by atoms with Gasteiger partial charge in [0.1, 0.15) is 29.1 Å². The molecule has 0 unspecified atom stereocenters. The number of pyridine rings is 1. The van der Waals surface area contributed by atoms with Crippen molar-refractivity contribution in [3.8, 4) is 22.7 Å². The number of hydrogen-bond acceptors (Lipinski definition) is 4. The average Bonchev–Trinajstić information content (AvgIpc) is 3.46. The van der Waals surface area contributed by atoms with Crippen LogP contribution in [0.4, 0.5) is 13.2 Å². The molecule has 0 atom stereocenters. The largest absolute Gasteiger partial charge is 0.487 e. The van der Waals surface area contributed by atoms with Crippen LogP contribution in [0.2, 0.25) is 0 Å². The van der Waals surface area contributed by atoms with E-state index in [-0.39, 0.29) is 11.3 Å². The number of fused-ring (bicyclic) bond motifs is 1. The summed E-state index contributed by atoms with van der Waals surface area (Å²) in [6.07, 6.45) is -1.50. The fourth-order valence-electron chi connectivity index (χ4n) is 3.93. The minimum Gasteiger partial charge on any atom is -0.487 e. The summed E-state index contributed by atoms with van der Waals surface area (Å²) in [6.45, 7) is 2.09. The highest BCUT2D eigenvalue weighted by atomic mass is 19.4. The molecule has 0 saturated carbocycles. The van der Waals surface area contributed by atoms with Gasteiger partial charge in [0, 0.05) is 36.8 Å². The lowest BCUT2D eigenvalue weighted by atomic mass is 10.0. The van der Waals surface area contributed by atoms with Gasteiger partial charge in [-0.05, 0) is 36.8 Å². The van der Waals surface area contributed by atoms with Gasteiger partial charge in [-0.3, -0.25) is 4.68 Å². The maximum absolute atomic E-state index is 14.1. The molecule has 0 N–H and O–H groups in total. The number of hydrogen-bond donors (Lipinski definition) is 0. The fourth-order valence-corrected chi connectivity index (χ4v) is 3.93. The molecular formula is C25H20F3N5O. The molecule has 0 saturated heterocycles. The average molecular weight is 463 g/mol. The van der Waals surface area contributed by atoms with Crippen molar-refractivity contribution in [3.63, 3.8) is 0 Å². The molecule has 3 heterocycles. The molecule has 34 heavy (non-hydrogen) atoms. The molecule has 3 aromatic heterocycles. The third-order valence-corrected chi connectivity index (χ3v) is 5.45. The standard InChI is InChI=1S/C25H20F3N5O/c1-16-13-21(34-15-17-7-4-3-5-8-17)24-23(30-16)22(31-32(24)2)19-10-9-18(33-12-6-11-29-33)14-20(19)25(26,27)28/h3-14H,15H2,1-2H3. The first-order valence-electron chi connectivity index (χ1n) is 10.5. The second-order valence-electron chi connectivity index (χ2n) is 7.88. The molecule has 5 aromatic rings. The Hall–Kier alpha value is -4.14. The molecule has 0 aliphatic rings. The Morgan fingerprint density at radius 3 is 2.50 bits per heavy atom. The van der Waals surface area contributed by atoms with Crippen LogP contribution in [0.25, 0.3) is 28.0 Å². The Balaban J connectivity index is 1.64. The molecule has 2 aromatic carbocycles.